The van der Waals surface area contributed by atoms with Crippen LogP contribution in [0.5, 0.6) is 0 Å². The molecule has 2 aromatic rings. The molecule has 4 bridgehead atoms. The molecule has 0 unspecified atom stereocenters. The predicted molar refractivity (Wildman–Crippen MR) is 114 cm³/mol. The average molecular weight is 414 g/mol. The van der Waals surface area contributed by atoms with Crippen molar-refractivity contribution in [2.75, 3.05) is 39.6 Å². The Labute approximate surface area is 174 Å². The lowest BCUT2D eigenvalue weighted by molar-refractivity contribution is -0.149. The fourth-order valence-electron chi connectivity index (χ4n) is 4.79. The molecule has 4 heterocycles. The molecule has 0 atom stereocenters. The van der Waals surface area contributed by atoms with Crippen LogP contribution < -0.4 is 0 Å². The SMILES string of the molecule is Clc1cccc(Cl)c1/C=N/N=C(/c1ccccc1)C12CN3CN(CN(C3)C1)C2. The van der Waals surface area contributed by atoms with Gasteiger partial charge in [0.1, 0.15) is 0 Å². The van der Waals surface area contributed by atoms with Gasteiger partial charge in [-0.25, -0.2) is 0 Å². The largest absolute Gasteiger partial charge is 0.276 e. The maximum Gasteiger partial charge on any atom is 0.0802 e. The van der Waals surface area contributed by atoms with E-state index in [4.69, 9.17) is 28.3 Å². The number of benzene rings is 2. The second-order valence-corrected chi connectivity index (χ2v) is 8.70. The normalized spacial score (nSPS) is 31.6. The average Bonchev–Trinajstić information content (AvgIpc) is 2.66. The van der Waals surface area contributed by atoms with Gasteiger partial charge in [-0.2, -0.15) is 10.2 Å². The standard InChI is InChI=1S/C21H21Cl2N5/c22-18-7-4-8-19(23)17(18)9-24-25-20(16-5-2-1-3-6-16)21-10-26-13-27(11-21)15-28(12-21)14-26/h1-9H,10-15H2/b24-9+,25-20-. The summed E-state index contributed by atoms with van der Waals surface area (Å²) >= 11 is 12.5. The number of hydrogen-bond donors (Lipinski definition) is 0. The van der Waals surface area contributed by atoms with Crippen LogP contribution >= 0.6 is 23.2 Å². The van der Waals surface area contributed by atoms with E-state index in [2.05, 4.69) is 44.1 Å². The van der Waals surface area contributed by atoms with Crippen molar-refractivity contribution in [2.45, 2.75) is 0 Å². The molecule has 28 heavy (non-hydrogen) atoms. The van der Waals surface area contributed by atoms with E-state index >= 15 is 0 Å². The third-order valence-electron chi connectivity index (χ3n) is 5.67. The summed E-state index contributed by atoms with van der Waals surface area (Å²) in [6, 6.07) is 15.8. The van der Waals surface area contributed by atoms with Crippen molar-refractivity contribution < 1.29 is 0 Å². The Balaban J connectivity index is 1.55. The van der Waals surface area contributed by atoms with Gasteiger partial charge in [0.05, 0.1) is 47.4 Å². The maximum atomic E-state index is 6.27. The fourth-order valence-corrected chi connectivity index (χ4v) is 5.28. The first kappa shape index (κ1) is 18.3. The van der Waals surface area contributed by atoms with E-state index in [0.717, 1.165) is 50.9 Å². The van der Waals surface area contributed by atoms with Crippen molar-refractivity contribution in [3.05, 3.63) is 69.7 Å². The molecular formula is C21H21Cl2N5. The van der Waals surface area contributed by atoms with Crippen LogP contribution in [0.1, 0.15) is 11.1 Å². The number of halogens is 2. The first-order valence-corrected chi connectivity index (χ1v) is 10.2. The molecule has 4 aliphatic rings. The van der Waals surface area contributed by atoms with Gasteiger partial charge in [0.2, 0.25) is 0 Å². The minimum atomic E-state index is -0.0439. The third kappa shape index (κ3) is 3.27. The molecule has 0 radical (unpaired) electrons. The van der Waals surface area contributed by atoms with Crippen LogP contribution in [-0.2, 0) is 0 Å². The molecule has 0 N–H and O–H groups in total. The first-order valence-electron chi connectivity index (χ1n) is 9.41. The summed E-state index contributed by atoms with van der Waals surface area (Å²) in [7, 11) is 0. The summed E-state index contributed by atoms with van der Waals surface area (Å²) in [5, 5.41) is 10.3. The van der Waals surface area contributed by atoms with Crippen molar-refractivity contribution in [3.63, 3.8) is 0 Å². The third-order valence-corrected chi connectivity index (χ3v) is 6.33. The molecule has 2 aromatic carbocycles. The molecule has 4 saturated heterocycles. The van der Waals surface area contributed by atoms with Crippen molar-refractivity contribution in [2.24, 2.45) is 15.6 Å². The lowest BCUT2D eigenvalue weighted by Gasteiger charge is -2.60. The minimum Gasteiger partial charge on any atom is -0.276 e. The molecule has 0 aliphatic carbocycles. The molecule has 0 saturated carbocycles. The summed E-state index contributed by atoms with van der Waals surface area (Å²) in [5.41, 5.74) is 2.81. The van der Waals surface area contributed by atoms with E-state index in [-0.39, 0.29) is 5.41 Å². The Hall–Kier alpha value is -1.76. The number of nitrogens with zero attached hydrogens (tertiary/aromatic N) is 5. The van der Waals surface area contributed by atoms with Gasteiger partial charge in [0.15, 0.2) is 0 Å². The summed E-state index contributed by atoms with van der Waals surface area (Å²) in [6.07, 6.45) is 1.66. The highest BCUT2D eigenvalue weighted by Gasteiger charge is 2.51. The van der Waals surface area contributed by atoms with Crippen molar-refractivity contribution in [3.8, 4) is 0 Å². The summed E-state index contributed by atoms with van der Waals surface area (Å²) in [6.45, 7) is 6.15. The lowest BCUT2D eigenvalue weighted by atomic mass is 9.74. The van der Waals surface area contributed by atoms with Crippen molar-refractivity contribution >= 4 is 35.1 Å². The molecule has 4 fully saturated rings. The fraction of sp³-hybridized carbons (Fsp3) is 0.333. The highest BCUT2D eigenvalue weighted by atomic mass is 35.5. The first-order chi connectivity index (χ1) is 13.6. The molecule has 144 valence electrons. The van der Waals surface area contributed by atoms with E-state index in [0.29, 0.717) is 15.6 Å². The summed E-state index contributed by atoms with van der Waals surface area (Å²) in [4.78, 5) is 7.47. The van der Waals surface area contributed by atoms with Crippen LogP contribution in [0.15, 0.2) is 58.7 Å². The van der Waals surface area contributed by atoms with Crippen molar-refractivity contribution in [1.82, 2.24) is 14.7 Å². The zero-order valence-corrected chi connectivity index (χ0v) is 16.9. The van der Waals surface area contributed by atoms with Crippen LogP contribution in [-0.4, -0.2) is 66.3 Å². The van der Waals surface area contributed by atoms with E-state index in [1.807, 2.05) is 24.3 Å². The smallest absolute Gasteiger partial charge is 0.0802 e. The molecule has 5 nitrogen and oxygen atoms in total. The summed E-state index contributed by atoms with van der Waals surface area (Å²) in [5.74, 6) is 0. The highest BCUT2D eigenvalue weighted by Crippen LogP contribution is 2.38. The predicted octanol–water partition coefficient (Wildman–Crippen LogP) is 3.62. The van der Waals surface area contributed by atoms with Gasteiger partial charge in [-0.15, -0.1) is 0 Å². The van der Waals surface area contributed by atoms with E-state index in [1.165, 1.54) is 0 Å². The van der Waals surface area contributed by atoms with Crippen LogP contribution in [0, 0.1) is 5.41 Å². The molecule has 0 amide bonds. The second kappa shape index (κ2) is 7.25. The van der Waals surface area contributed by atoms with Crippen molar-refractivity contribution in [1.29, 1.82) is 0 Å². The maximum absolute atomic E-state index is 6.27. The van der Waals surface area contributed by atoms with Gasteiger partial charge in [-0.1, -0.05) is 59.6 Å². The van der Waals surface area contributed by atoms with Gasteiger partial charge in [-0.3, -0.25) is 14.7 Å². The number of rotatable bonds is 4. The van der Waals surface area contributed by atoms with Gasteiger partial charge in [-0.05, 0) is 17.7 Å². The lowest BCUT2D eigenvalue weighted by Crippen LogP contribution is -2.74. The zero-order chi connectivity index (χ0) is 19.1. The molecule has 0 aromatic heterocycles. The van der Waals surface area contributed by atoms with Gasteiger partial charge in [0, 0.05) is 25.2 Å². The van der Waals surface area contributed by atoms with E-state index in [1.54, 1.807) is 6.21 Å². The zero-order valence-electron chi connectivity index (χ0n) is 15.4. The van der Waals surface area contributed by atoms with Crippen LogP contribution in [0.3, 0.4) is 0 Å². The molecule has 7 heteroatoms. The van der Waals surface area contributed by atoms with Crippen LogP contribution in [0.2, 0.25) is 10.0 Å². The molecular weight excluding hydrogens is 393 g/mol. The Morgan fingerprint density at radius 1 is 0.821 bits per heavy atom. The summed E-state index contributed by atoms with van der Waals surface area (Å²) < 4.78 is 0. The monoisotopic (exact) mass is 413 g/mol. The molecule has 6 rings (SSSR count). The minimum absolute atomic E-state index is 0.0439. The topological polar surface area (TPSA) is 34.4 Å². The molecule has 4 aliphatic heterocycles. The van der Waals surface area contributed by atoms with Gasteiger partial charge < -0.3 is 0 Å². The quantitative estimate of drug-likeness (QED) is 0.566. The van der Waals surface area contributed by atoms with Crippen LogP contribution in [0.25, 0.3) is 0 Å². The van der Waals surface area contributed by atoms with E-state index < -0.39 is 0 Å². The van der Waals surface area contributed by atoms with Crippen LogP contribution in [0.4, 0.5) is 0 Å². The Bertz CT molecular complexity index is 886. The van der Waals surface area contributed by atoms with Gasteiger partial charge in [0.25, 0.3) is 0 Å². The van der Waals surface area contributed by atoms with E-state index in [9.17, 15) is 0 Å². The Morgan fingerprint density at radius 2 is 1.39 bits per heavy atom. The Morgan fingerprint density at radius 3 is 1.96 bits per heavy atom. The second-order valence-electron chi connectivity index (χ2n) is 7.89. The highest BCUT2D eigenvalue weighted by molar-refractivity contribution is 6.38. The molecule has 0 spiro atoms. The Kier molecular flexibility index (Phi) is 4.73. The van der Waals surface area contributed by atoms with Gasteiger partial charge >= 0.3 is 0 Å². The number of hydrogen-bond acceptors (Lipinski definition) is 5.